The van der Waals surface area contributed by atoms with Gasteiger partial charge in [0.1, 0.15) is 6.54 Å². The zero-order valence-electron chi connectivity index (χ0n) is 12.6. The minimum atomic E-state index is -0.406. The van der Waals surface area contributed by atoms with E-state index in [2.05, 4.69) is 18.6 Å². The average molecular weight is 277 g/mol. The number of hydrogen-bond acceptors (Lipinski definition) is 3. The fourth-order valence-corrected chi connectivity index (χ4v) is 2.18. The third-order valence-corrected chi connectivity index (χ3v) is 3.61. The van der Waals surface area contributed by atoms with Crippen molar-refractivity contribution in [3.8, 4) is 0 Å². The van der Waals surface area contributed by atoms with Gasteiger partial charge in [0, 0.05) is 7.05 Å². The molecule has 0 radical (unpaired) electrons. The van der Waals surface area contributed by atoms with Crippen LogP contribution in [0.2, 0.25) is 0 Å². The SMILES string of the molecule is CCC(C)C(C(=O)N(C)CC(=O)OC)c1ccccc1. The molecule has 0 saturated heterocycles. The molecule has 20 heavy (non-hydrogen) atoms. The van der Waals surface area contributed by atoms with Crippen molar-refractivity contribution in [1.29, 1.82) is 0 Å². The van der Waals surface area contributed by atoms with Crippen molar-refractivity contribution in [2.24, 2.45) is 5.92 Å². The number of methoxy groups -OCH3 is 1. The maximum atomic E-state index is 12.6. The van der Waals surface area contributed by atoms with Crippen LogP contribution in [-0.4, -0.2) is 37.5 Å². The van der Waals surface area contributed by atoms with Gasteiger partial charge < -0.3 is 9.64 Å². The van der Waals surface area contributed by atoms with Crippen molar-refractivity contribution in [3.05, 3.63) is 35.9 Å². The monoisotopic (exact) mass is 277 g/mol. The molecule has 0 bridgehead atoms. The number of carbonyl (C=O) groups is 2. The van der Waals surface area contributed by atoms with E-state index >= 15 is 0 Å². The van der Waals surface area contributed by atoms with Crippen molar-refractivity contribution in [3.63, 3.8) is 0 Å². The van der Waals surface area contributed by atoms with E-state index in [0.29, 0.717) is 0 Å². The molecule has 0 saturated carbocycles. The lowest BCUT2D eigenvalue weighted by molar-refractivity contribution is -0.147. The largest absolute Gasteiger partial charge is 0.468 e. The number of ether oxygens (including phenoxy) is 1. The van der Waals surface area contributed by atoms with Gasteiger partial charge in [-0.05, 0) is 11.5 Å². The quantitative estimate of drug-likeness (QED) is 0.750. The Morgan fingerprint density at radius 2 is 1.85 bits per heavy atom. The Morgan fingerprint density at radius 1 is 1.25 bits per heavy atom. The molecule has 1 aromatic carbocycles. The number of nitrogens with zero attached hydrogens (tertiary/aromatic N) is 1. The van der Waals surface area contributed by atoms with E-state index in [-0.39, 0.29) is 24.3 Å². The Bertz CT molecular complexity index is 444. The summed E-state index contributed by atoms with van der Waals surface area (Å²) in [6.07, 6.45) is 0.900. The van der Waals surface area contributed by atoms with Crippen LogP contribution in [0.4, 0.5) is 0 Å². The normalized spacial score (nSPS) is 13.4. The van der Waals surface area contributed by atoms with Crippen molar-refractivity contribution in [2.45, 2.75) is 26.2 Å². The Kier molecular flexibility index (Phi) is 6.22. The van der Waals surface area contributed by atoms with Gasteiger partial charge in [-0.3, -0.25) is 9.59 Å². The summed E-state index contributed by atoms with van der Waals surface area (Å²) >= 11 is 0. The molecule has 0 spiro atoms. The van der Waals surface area contributed by atoms with E-state index in [1.807, 2.05) is 30.3 Å². The Hall–Kier alpha value is -1.84. The Labute approximate surface area is 120 Å². The van der Waals surface area contributed by atoms with Crippen molar-refractivity contribution in [2.75, 3.05) is 20.7 Å². The van der Waals surface area contributed by atoms with Crippen LogP contribution >= 0.6 is 0 Å². The first kappa shape index (κ1) is 16.2. The molecular weight excluding hydrogens is 254 g/mol. The standard InChI is InChI=1S/C16H23NO3/c1-5-12(2)15(13-9-7-6-8-10-13)16(19)17(3)11-14(18)20-4/h6-10,12,15H,5,11H2,1-4H3. The summed E-state index contributed by atoms with van der Waals surface area (Å²) in [6.45, 7) is 4.10. The summed E-state index contributed by atoms with van der Waals surface area (Å²) in [5.74, 6) is -0.464. The first-order valence-corrected chi connectivity index (χ1v) is 6.88. The molecule has 0 aliphatic heterocycles. The highest BCUT2D eigenvalue weighted by molar-refractivity contribution is 5.87. The second-order valence-corrected chi connectivity index (χ2v) is 5.04. The minimum Gasteiger partial charge on any atom is -0.468 e. The van der Waals surface area contributed by atoms with E-state index in [4.69, 9.17) is 0 Å². The summed E-state index contributed by atoms with van der Waals surface area (Å²) in [5, 5.41) is 0. The first-order valence-electron chi connectivity index (χ1n) is 6.88. The minimum absolute atomic E-state index is 0.0187. The second kappa shape index (κ2) is 7.68. The lowest BCUT2D eigenvalue weighted by Crippen LogP contribution is -2.38. The summed E-state index contributed by atoms with van der Waals surface area (Å²) in [6, 6.07) is 9.71. The Balaban J connectivity index is 2.94. The highest BCUT2D eigenvalue weighted by atomic mass is 16.5. The van der Waals surface area contributed by atoms with E-state index in [1.165, 1.54) is 12.0 Å². The smallest absolute Gasteiger partial charge is 0.325 e. The fourth-order valence-electron chi connectivity index (χ4n) is 2.18. The van der Waals surface area contributed by atoms with Gasteiger partial charge in [-0.15, -0.1) is 0 Å². The van der Waals surface area contributed by atoms with Crippen LogP contribution in [0.1, 0.15) is 31.7 Å². The van der Waals surface area contributed by atoms with Gasteiger partial charge in [0.05, 0.1) is 13.0 Å². The highest BCUT2D eigenvalue weighted by Crippen LogP contribution is 2.28. The molecule has 0 N–H and O–H groups in total. The van der Waals surface area contributed by atoms with Crippen molar-refractivity contribution < 1.29 is 14.3 Å². The van der Waals surface area contributed by atoms with E-state index in [0.717, 1.165) is 12.0 Å². The maximum Gasteiger partial charge on any atom is 0.325 e. The number of benzene rings is 1. The van der Waals surface area contributed by atoms with Crippen LogP contribution in [-0.2, 0) is 14.3 Å². The van der Waals surface area contributed by atoms with Gasteiger partial charge in [-0.25, -0.2) is 0 Å². The summed E-state index contributed by atoms with van der Waals surface area (Å²) in [7, 11) is 2.96. The van der Waals surface area contributed by atoms with E-state index in [1.54, 1.807) is 7.05 Å². The van der Waals surface area contributed by atoms with Gasteiger partial charge in [0.2, 0.25) is 5.91 Å². The molecular formula is C16H23NO3. The maximum absolute atomic E-state index is 12.6. The molecule has 4 heteroatoms. The molecule has 2 atom stereocenters. The van der Waals surface area contributed by atoms with Crippen LogP contribution in [0, 0.1) is 5.92 Å². The molecule has 2 unspecified atom stereocenters. The zero-order chi connectivity index (χ0) is 15.1. The molecule has 1 aromatic rings. The van der Waals surface area contributed by atoms with Crippen LogP contribution in [0.15, 0.2) is 30.3 Å². The number of rotatable bonds is 6. The number of carbonyl (C=O) groups excluding carboxylic acids is 2. The molecule has 0 aromatic heterocycles. The molecule has 1 amide bonds. The second-order valence-electron chi connectivity index (χ2n) is 5.04. The predicted octanol–water partition coefficient (Wildman–Crippen LogP) is 2.45. The number of esters is 1. The van der Waals surface area contributed by atoms with Gasteiger partial charge in [0.15, 0.2) is 0 Å². The average Bonchev–Trinajstić information content (AvgIpc) is 2.47. The molecule has 0 aliphatic rings. The molecule has 1 rings (SSSR count). The Morgan fingerprint density at radius 3 is 2.35 bits per heavy atom. The number of amides is 1. The van der Waals surface area contributed by atoms with Crippen LogP contribution in [0.3, 0.4) is 0 Å². The van der Waals surface area contributed by atoms with Gasteiger partial charge in [0.25, 0.3) is 0 Å². The molecule has 0 fully saturated rings. The molecule has 110 valence electrons. The lowest BCUT2D eigenvalue weighted by Gasteiger charge is -2.27. The number of likely N-dealkylation sites (N-methyl/N-ethyl adjacent to an activating group) is 1. The topological polar surface area (TPSA) is 46.6 Å². The highest BCUT2D eigenvalue weighted by Gasteiger charge is 2.29. The summed E-state index contributed by atoms with van der Waals surface area (Å²) in [4.78, 5) is 25.4. The zero-order valence-corrected chi connectivity index (χ0v) is 12.6. The third kappa shape index (κ3) is 4.08. The summed E-state index contributed by atoms with van der Waals surface area (Å²) in [5.41, 5.74) is 0.989. The molecule has 0 heterocycles. The van der Waals surface area contributed by atoms with Crippen LogP contribution < -0.4 is 0 Å². The molecule has 0 aliphatic carbocycles. The number of hydrogen-bond donors (Lipinski definition) is 0. The lowest BCUT2D eigenvalue weighted by atomic mass is 9.84. The van der Waals surface area contributed by atoms with Gasteiger partial charge >= 0.3 is 5.97 Å². The van der Waals surface area contributed by atoms with Crippen molar-refractivity contribution in [1.82, 2.24) is 4.90 Å². The van der Waals surface area contributed by atoms with Gasteiger partial charge in [-0.2, -0.15) is 0 Å². The van der Waals surface area contributed by atoms with Gasteiger partial charge in [-0.1, -0.05) is 50.6 Å². The van der Waals surface area contributed by atoms with Crippen LogP contribution in [0.5, 0.6) is 0 Å². The van der Waals surface area contributed by atoms with Crippen LogP contribution in [0.25, 0.3) is 0 Å². The predicted molar refractivity (Wildman–Crippen MR) is 78.3 cm³/mol. The summed E-state index contributed by atoms with van der Waals surface area (Å²) < 4.78 is 4.61. The van der Waals surface area contributed by atoms with E-state index < -0.39 is 5.97 Å². The first-order chi connectivity index (χ1) is 9.51. The molecule has 4 nitrogen and oxygen atoms in total. The van der Waals surface area contributed by atoms with E-state index in [9.17, 15) is 9.59 Å². The van der Waals surface area contributed by atoms with Crippen molar-refractivity contribution >= 4 is 11.9 Å². The fraction of sp³-hybridized carbons (Fsp3) is 0.500. The third-order valence-electron chi connectivity index (χ3n) is 3.61.